The summed E-state index contributed by atoms with van der Waals surface area (Å²) < 4.78 is 2.38. The van der Waals surface area contributed by atoms with E-state index in [-0.39, 0.29) is 0 Å². The van der Waals surface area contributed by atoms with E-state index in [4.69, 9.17) is 5.73 Å². The third kappa shape index (κ3) is 1.58. The fourth-order valence-corrected chi connectivity index (χ4v) is 2.12. The molecule has 17 heavy (non-hydrogen) atoms. The van der Waals surface area contributed by atoms with E-state index in [2.05, 4.69) is 31.4 Å². The number of anilines is 1. The Morgan fingerprint density at radius 2 is 2.29 bits per heavy atom. The van der Waals surface area contributed by atoms with Gasteiger partial charge in [-0.15, -0.1) is 0 Å². The number of nitrogens with two attached hydrogens (primary N) is 1. The molecule has 3 N–H and O–H groups in total. The molecule has 0 spiro atoms. The largest absolute Gasteiger partial charge is 0.383 e. The first-order chi connectivity index (χ1) is 8.16. The standard InChI is InChI=1S/C10H11BrN6/c1-16-5-6(2-14-16)7-3-15-17-9(12)8(11)4-13-10(7)17/h3-5,14H,2,12H2,1H3. The summed E-state index contributed by atoms with van der Waals surface area (Å²) in [7, 11) is 1.96. The molecule has 2 aromatic rings. The SMILES string of the molecule is CN1C=C(c2cnn3c(N)c(Br)cnc23)CN1. The Kier molecular flexibility index (Phi) is 2.30. The van der Waals surface area contributed by atoms with Crippen molar-refractivity contribution in [2.45, 2.75) is 0 Å². The molecule has 0 saturated carbocycles. The van der Waals surface area contributed by atoms with Crippen LogP contribution in [-0.2, 0) is 0 Å². The molecule has 0 bridgehead atoms. The zero-order valence-electron chi connectivity index (χ0n) is 9.18. The molecule has 3 heterocycles. The normalized spacial score (nSPS) is 15.6. The Balaban J connectivity index is 2.19. The molecule has 0 amide bonds. The molecule has 0 aromatic carbocycles. The highest BCUT2D eigenvalue weighted by molar-refractivity contribution is 9.10. The Bertz CT molecular complexity index is 617. The monoisotopic (exact) mass is 294 g/mol. The minimum atomic E-state index is 0.557. The van der Waals surface area contributed by atoms with Crippen molar-refractivity contribution < 1.29 is 0 Å². The van der Waals surface area contributed by atoms with E-state index in [9.17, 15) is 0 Å². The maximum absolute atomic E-state index is 5.93. The smallest absolute Gasteiger partial charge is 0.165 e. The number of halogens is 1. The van der Waals surface area contributed by atoms with Crippen molar-refractivity contribution in [1.29, 1.82) is 0 Å². The number of nitrogens with one attached hydrogen (secondary N) is 1. The van der Waals surface area contributed by atoms with Crippen molar-refractivity contribution >= 4 is 33.0 Å². The second kappa shape index (κ2) is 3.71. The number of aromatic nitrogens is 3. The van der Waals surface area contributed by atoms with E-state index in [0.717, 1.165) is 27.8 Å². The maximum atomic E-state index is 5.93. The van der Waals surface area contributed by atoms with Crippen LogP contribution in [0.5, 0.6) is 0 Å². The quantitative estimate of drug-likeness (QED) is 0.816. The molecular weight excluding hydrogens is 284 g/mol. The third-order valence-corrected chi connectivity index (χ3v) is 3.34. The van der Waals surface area contributed by atoms with E-state index in [1.807, 2.05) is 18.3 Å². The van der Waals surface area contributed by atoms with E-state index >= 15 is 0 Å². The molecule has 0 atom stereocenters. The van der Waals surface area contributed by atoms with E-state index < -0.39 is 0 Å². The first kappa shape index (κ1) is 10.5. The van der Waals surface area contributed by atoms with Gasteiger partial charge in [0.05, 0.1) is 10.7 Å². The molecule has 3 rings (SSSR count). The summed E-state index contributed by atoms with van der Waals surface area (Å²) in [6.07, 6.45) is 5.51. The van der Waals surface area contributed by atoms with Gasteiger partial charge in [-0.25, -0.2) is 10.4 Å². The van der Waals surface area contributed by atoms with Crippen molar-refractivity contribution in [1.82, 2.24) is 25.0 Å². The average molecular weight is 295 g/mol. The van der Waals surface area contributed by atoms with Crippen LogP contribution < -0.4 is 11.2 Å². The van der Waals surface area contributed by atoms with Gasteiger partial charge < -0.3 is 10.7 Å². The van der Waals surface area contributed by atoms with Gasteiger partial charge >= 0.3 is 0 Å². The van der Waals surface area contributed by atoms with E-state index in [1.54, 1.807) is 16.9 Å². The van der Waals surface area contributed by atoms with Crippen LogP contribution in [0.2, 0.25) is 0 Å². The Labute approximate surface area is 106 Å². The molecule has 1 aliphatic rings. The van der Waals surface area contributed by atoms with Crippen LogP contribution in [0, 0.1) is 0 Å². The number of hydrogen-bond donors (Lipinski definition) is 2. The van der Waals surface area contributed by atoms with Crippen LogP contribution in [0.1, 0.15) is 5.56 Å². The molecule has 7 heteroatoms. The highest BCUT2D eigenvalue weighted by Gasteiger charge is 2.17. The lowest BCUT2D eigenvalue weighted by atomic mass is 10.1. The summed E-state index contributed by atoms with van der Waals surface area (Å²) in [6.45, 7) is 0.773. The van der Waals surface area contributed by atoms with Gasteiger partial charge in [0.15, 0.2) is 5.65 Å². The molecule has 88 valence electrons. The lowest BCUT2D eigenvalue weighted by Gasteiger charge is -2.04. The predicted octanol–water partition coefficient (Wildman–Crippen LogP) is 0.865. The van der Waals surface area contributed by atoms with Gasteiger partial charge in [0.25, 0.3) is 0 Å². The molecule has 0 aliphatic carbocycles. The van der Waals surface area contributed by atoms with Crippen molar-refractivity contribution in [3.63, 3.8) is 0 Å². The Morgan fingerprint density at radius 3 is 3.00 bits per heavy atom. The molecule has 0 radical (unpaired) electrons. The lowest BCUT2D eigenvalue weighted by molar-refractivity contribution is 0.374. The number of hydrogen-bond acceptors (Lipinski definition) is 5. The summed E-state index contributed by atoms with van der Waals surface area (Å²) in [6, 6.07) is 0. The molecule has 1 aliphatic heterocycles. The van der Waals surface area contributed by atoms with Gasteiger partial charge in [-0.2, -0.15) is 9.61 Å². The Morgan fingerprint density at radius 1 is 1.47 bits per heavy atom. The summed E-state index contributed by atoms with van der Waals surface area (Å²) >= 11 is 3.34. The average Bonchev–Trinajstić information content (AvgIpc) is 2.89. The minimum absolute atomic E-state index is 0.557. The fourth-order valence-electron chi connectivity index (χ4n) is 1.85. The summed E-state index contributed by atoms with van der Waals surface area (Å²) in [5.74, 6) is 0.557. The zero-order valence-corrected chi connectivity index (χ0v) is 10.8. The first-order valence-corrected chi connectivity index (χ1v) is 5.91. The van der Waals surface area contributed by atoms with Crippen LogP contribution in [0.3, 0.4) is 0 Å². The van der Waals surface area contributed by atoms with Gasteiger partial charge in [-0.05, 0) is 21.5 Å². The predicted molar refractivity (Wildman–Crippen MR) is 68.8 cm³/mol. The second-order valence-corrected chi connectivity index (χ2v) is 4.74. The van der Waals surface area contributed by atoms with Crippen molar-refractivity contribution in [2.24, 2.45) is 0 Å². The van der Waals surface area contributed by atoms with Crippen LogP contribution >= 0.6 is 15.9 Å². The molecule has 2 aromatic heterocycles. The van der Waals surface area contributed by atoms with Crippen molar-refractivity contribution in [3.05, 3.63) is 28.6 Å². The summed E-state index contributed by atoms with van der Waals surface area (Å²) in [5.41, 5.74) is 12.0. The van der Waals surface area contributed by atoms with Crippen LogP contribution in [-0.4, -0.2) is 33.2 Å². The second-order valence-electron chi connectivity index (χ2n) is 3.89. The molecule has 6 nitrogen and oxygen atoms in total. The zero-order chi connectivity index (χ0) is 12.0. The first-order valence-electron chi connectivity index (χ1n) is 5.12. The topological polar surface area (TPSA) is 71.5 Å². The van der Waals surface area contributed by atoms with Gasteiger partial charge in [0.2, 0.25) is 0 Å². The lowest BCUT2D eigenvalue weighted by Crippen LogP contribution is -2.23. The third-order valence-electron chi connectivity index (χ3n) is 2.73. The van der Waals surface area contributed by atoms with Crippen LogP contribution in [0.25, 0.3) is 11.2 Å². The Hall–Kier alpha value is -1.60. The van der Waals surface area contributed by atoms with Gasteiger partial charge in [-0.3, -0.25) is 0 Å². The van der Waals surface area contributed by atoms with Gasteiger partial charge in [0.1, 0.15) is 5.82 Å². The number of nitrogens with zero attached hydrogens (tertiary/aromatic N) is 4. The van der Waals surface area contributed by atoms with E-state index in [0.29, 0.717) is 5.82 Å². The highest BCUT2D eigenvalue weighted by atomic mass is 79.9. The van der Waals surface area contributed by atoms with E-state index in [1.165, 1.54) is 0 Å². The number of rotatable bonds is 1. The van der Waals surface area contributed by atoms with Crippen LogP contribution in [0.15, 0.2) is 23.1 Å². The number of nitrogen functional groups attached to an aromatic ring is 1. The maximum Gasteiger partial charge on any atom is 0.165 e. The van der Waals surface area contributed by atoms with Crippen molar-refractivity contribution in [3.8, 4) is 0 Å². The minimum Gasteiger partial charge on any atom is -0.383 e. The number of fused-ring (bicyclic) bond motifs is 1. The van der Waals surface area contributed by atoms with Crippen LogP contribution in [0.4, 0.5) is 5.82 Å². The summed E-state index contributed by atoms with van der Waals surface area (Å²) in [4.78, 5) is 4.36. The molecule has 0 saturated heterocycles. The molecule has 0 fully saturated rings. The molecular formula is C10H11BrN6. The van der Waals surface area contributed by atoms with Gasteiger partial charge in [0, 0.05) is 31.6 Å². The fraction of sp³-hybridized carbons (Fsp3) is 0.200. The molecule has 0 unspecified atom stereocenters. The highest BCUT2D eigenvalue weighted by Crippen LogP contribution is 2.25. The summed E-state index contributed by atoms with van der Waals surface area (Å²) in [5, 5.41) is 6.18. The van der Waals surface area contributed by atoms with Gasteiger partial charge in [-0.1, -0.05) is 0 Å². The number of hydrazine groups is 1. The van der Waals surface area contributed by atoms with Crippen molar-refractivity contribution in [2.75, 3.05) is 19.3 Å².